The van der Waals surface area contributed by atoms with Crippen molar-refractivity contribution in [1.82, 2.24) is 20.5 Å². The van der Waals surface area contributed by atoms with Crippen LogP contribution in [0.2, 0.25) is 0 Å². The van der Waals surface area contributed by atoms with Crippen molar-refractivity contribution in [3.05, 3.63) is 11.6 Å². The molecule has 1 heterocycles. The van der Waals surface area contributed by atoms with Gasteiger partial charge in [-0.2, -0.15) is 11.8 Å². The molecule has 0 aromatic carbocycles. The minimum atomic E-state index is -0.156. The number of aromatic amines is 1. The molecule has 1 aliphatic carbocycles. The molecule has 2 unspecified atom stereocenters. The lowest BCUT2D eigenvalue weighted by Crippen LogP contribution is -2.44. The molecule has 5 nitrogen and oxygen atoms in total. The molecule has 2 atom stereocenters. The highest BCUT2D eigenvalue weighted by molar-refractivity contribution is 7.99. The fourth-order valence-corrected chi connectivity index (χ4v) is 3.27. The molecule has 1 aromatic rings. The van der Waals surface area contributed by atoms with Crippen molar-refractivity contribution >= 4 is 17.7 Å². The molecule has 18 heavy (non-hydrogen) atoms. The van der Waals surface area contributed by atoms with Crippen LogP contribution < -0.4 is 5.32 Å². The van der Waals surface area contributed by atoms with Gasteiger partial charge >= 0.3 is 0 Å². The van der Waals surface area contributed by atoms with E-state index in [0.717, 1.165) is 18.7 Å². The zero-order valence-electron chi connectivity index (χ0n) is 10.9. The summed E-state index contributed by atoms with van der Waals surface area (Å²) in [6.45, 7) is 1.98. The molecule has 0 radical (unpaired) electrons. The van der Waals surface area contributed by atoms with Crippen molar-refractivity contribution in [2.24, 2.45) is 0 Å². The van der Waals surface area contributed by atoms with Gasteiger partial charge in [0.15, 0.2) is 0 Å². The summed E-state index contributed by atoms with van der Waals surface area (Å²) in [6.07, 6.45) is 7.56. The summed E-state index contributed by atoms with van der Waals surface area (Å²) in [5, 5.41) is 10.3. The van der Waals surface area contributed by atoms with E-state index in [4.69, 9.17) is 0 Å². The van der Waals surface area contributed by atoms with Gasteiger partial charge in [-0.3, -0.25) is 9.89 Å². The highest BCUT2D eigenvalue weighted by Gasteiger charge is 2.27. The molecule has 1 saturated carbocycles. The number of carbonyl (C=O) groups is 1. The van der Waals surface area contributed by atoms with E-state index < -0.39 is 0 Å². The molecule has 6 heteroatoms. The smallest absolute Gasteiger partial charge is 0.291 e. The Labute approximate surface area is 112 Å². The van der Waals surface area contributed by atoms with Gasteiger partial charge in [0, 0.05) is 17.7 Å². The van der Waals surface area contributed by atoms with Gasteiger partial charge in [0.1, 0.15) is 5.82 Å². The van der Waals surface area contributed by atoms with Gasteiger partial charge in [-0.05, 0) is 19.1 Å². The van der Waals surface area contributed by atoms with Crippen molar-refractivity contribution < 1.29 is 4.79 Å². The van der Waals surface area contributed by atoms with E-state index in [-0.39, 0.29) is 17.8 Å². The average Bonchev–Trinajstić information content (AvgIpc) is 2.88. The first-order chi connectivity index (χ1) is 8.74. The molecule has 1 amide bonds. The average molecular weight is 268 g/mol. The van der Waals surface area contributed by atoms with E-state index in [2.05, 4.69) is 26.8 Å². The number of rotatable bonds is 4. The summed E-state index contributed by atoms with van der Waals surface area (Å²) in [5.41, 5.74) is 0. The number of hydrogen-bond donors (Lipinski definition) is 2. The number of nitrogens with zero attached hydrogens (tertiary/aromatic N) is 2. The van der Waals surface area contributed by atoms with Gasteiger partial charge in [0.2, 0.25) is 5.82 Å². The zero-order valence-corrected chi connectivity index (χ0v) is 11.7. The van der Waals surface area contributed by atoms with Crippen LogP contribution in [0.3, 0.4) is 0 Å². The maximum atomic E-state index is 12.0. The maximum absolute atomic E-state index is 12.0. The Morgan fingerprint density at radius 2 is 2.28 bits per heavy atom. The molecule has 2 N–H and O–H groups in total. The first-order valence-corrected chi connectivity index (χ1v) is 7.78. The summed E-state index contributed by atoms with van der Waals surface area (Å²) < 4.78 is 0. The lowest BCUT2D eigenvalue weighted by Gasteiger charge is -2.30. The molecule has 1 aromatic heterocycles. The predicted molar refractivity (Wildman–Crippen MR) is 72.8 cm³/mol. The van der Waals surface area contributed by atoms with E-state index in [1.54, 1.807) is 0 Å². The number of aromatic nitrogens is 3. The Morgan fingerprint density at radius 1 is 1.50 bits per heavy atom. The molecule has 1 aliphatic rings. The summed E-state index contributed by atoms with van der Waals surface area (Å²) in [4.78, 5) is 16.2. The van der Waals surface area contributed by atoms with Crippen LogP contribution in [0.15, 0.2) is 0 Å². The monoisotopic (exact) mass is 268 g/mol. The second-order valence-corrected chi connectivity index (χ2v) is 5.67. The third-order valence-electron chi connectivity index (χ3n) is 3.39. The zero-order chi connectivity index (χ0) is 13.0. The van der Waals surface area contributed by atoms with E-state index in [9.17, 15) is 4.79 Å². The van der Waals surface area contributed by atoms with Crippen molar-refractivity contribution in [2.75, 3.05) is 6.26 Å². The van der Waals surface area contributed by atoms with E-state index >= 15 is 0 Å². The number of nitrogens with one attached hydrogen (secondary N) is 2. The van der Waals surface area contributed by atoms with Gasteiger partial charge in [-0.25, -0.2) is 4.98 Å². The quantitative estimate of drug-likeness (QED) is 0.873. The van der Waals surface area contributed by atoms with Crippen LogP contribution in [-0.4, -0.2) is 38.6 Å². The first kappa shape index (κ1) is 13.4. The Balaban J connectivity index is 1.97. The van der Waals surface area contributed by atoms with E-state index in [1.807, 2.05) is 18.7 Å². The molecule has 0 bridgehead atoms. The normalized spacial score (nSPS) is 23.9. The number of amides is 1. The Kier molecular flexibility index (Phi) is 4.63. The summed E-state index contributed by atoms with van der Waals surface area (Å²) in [6, 6.07) is 0.254. The van der Waals surface area contributed by atoms with Gasteiger partial charge in [0.25, 0.3) is 5.91 Å². The number of H-pyrrole nitrogens is 1. The van der Waals surface area contributed by atoms with Crippen molar-refractivity contribution in [2.45, 2.75) is 50.3 Å². The third kappa shape index (κ3) is 3.04. The van der Waals surface area contributed by atoms with E-state index in [0.29, 0.717) is 5.25 Å². The topological polar surface area (TPSA) is 70.7 Å². The van der Waals surface area contributed by atoms with Crippen LogP contribution in [-0.2, 0) is 6.42 Å². The summed E-state index contributed by atoms with van der Waals surface area (Å²) in [7, 11) is 0. The van der Waals surface area contributed by atoms with Gasteiger partial charge in [-0.15, -0.1) is 5.10 Å². The van der Waals surface area contributed by atoms with Crippen LogP contribution in [0.5, 0.6) is 0 Å². The van der Waals surface area contributed by atoms with Gasteiger partial charge in [0.05, 0.1) is 0 Å². The van der Waals surface area contributed by atoms with Gasteiger partial charge < -0.3 is 5.32 Å². The summed E-state index contributed by atoms with van der Waals surface area (Å²) in [5.74, 6) is 0.861. The maximum Gasteiger partial charge on any atom is 0.291 e. The molecule has 0 aliphatic heterocycles. The minimum Gasteiger partial charge on any atom is -0.345 e. The summed E-state index contributed by atoms with van der Waals surface area (Å²) >= 11 is 1.84. The van der Waals surface area contributed by atoms with Crippen LogP contribution in [0.4, 0.5) is 0 Å². The molecular weight excluding hydrogens is 248 g/mol. The van der Waals surface area contributed by atoms with Crippen molar-refractivity contribution in [1.29, 1.82) is 0 Å². The lowest BCUT2D eigenvalue weighted by molar-refractivity contribution is 0.0919. The fraction of sp³-hybridized carbons (Fsp3) is 0.750. The first-order valence-electron chi connectivity index (χ1n) is 6.49. The van der Waals surface area contributed by atoms with Crippen molar-refractivity contribution in [3.8, 4) is 0 Å². The number of thioether (sulfide) groups is 1. The second kappa shape index (κ2) is 6.22. The minimum absolute atomic E-state index is 0.156. The highest BCUT2D eigenvalue weighted by atomic mass is 32.2. The molecule has 0 saturated heterocycles. The van der Waals surface area contributed by atoms with Crippen LogP contribution >= 0.6 is 11.8 Å². The number of hydrogen-bond acceptors (Lipinski definition) is 4. The SMILES string of the molecule is CCc1nc(C(=O)NC2CCCCC2SC)n[nH]1. The Bertz CT molecular complexity index is 407. The molecule has 1 fully saturated rings. The molecule has 0 spiro atoms. The number of carbonyl (C=O) groups excluding carboxylic acids is 1. The predicted octanol–water partition coefficient (Wildman–Crippen LogP) is 1.77. The Morgan fingerprint density at radius 3 is 2.94 bits per heavy atom. The van der Waals surface area contributed by atoms with Crippen LogP contribution in [0, 0.1) is 0 Å². The highest BCUT2D eigenvalue weighted by Crippen LogP contribution is 2.27. The number of aryl methyl sites for hydroxylation is 1. The lowest BCUT2D eigenvalue weighted by atomic mass is 9.95. The van der Waals surface area contributed by atoms with Crippen LogP contribution in [0.1, 0.15) is 49.1 Å². The van der Waals surface area contributed by atoms with Crippen LogP contribution in [0.25, 0.3) is 0 Å². The molecule has 100 valence electrons. The molecular formula is C12H20N4OS. The van der Waals surface area contributed by atoms with Gasteiger partial charge in [-0.1, -0.05) is 19.8 Å². The Hall–Kier alpha value is -1.04. The largest absolute Gasteiger partial charge is 0.345 e. The fourth-order valence-electron chi connectivity index (χ4n) is 2.33. The molecule has 2 rings (SSSR count). The second-order valence-electron chi connectivity index (χ2n) is 4.60. The standard InChI is InChI=1S/C12H20N4OS/c1-3-10-14-11(16-15-10)12(17)13-8-6-4-5-7-9(8)18-2/h8-9H,3-7H2,1-2H3,(H,13,17)(H,14,15,16). The van der Waals surface area contributed by atoms with E-state index in [1.165, 1.54) is 19.3 Å². The van der Waals surface area contributed by atoms with Crippen molar-refractivity contribution in [3.63, 3.8) is 0 Å². The third-order valence-corrected chi connectivity index (χ3v) is 4.56.